The van der Waals surface area contributed by atoms with Gasteiger partial charge in [0.05, 0.1) is 12.2 Å². The third-order valence-corrected chi connectivity index (χ3v) is 4.52. The monoisotopic (exact) mass is 376 g/mol. The molecule has 0 aliphatic rings. The topological polar surface area (TPSA) is 71.3 Å². The third-order valence-electron chi connectivity index (χ3n) is 2.63. The summed E-state index contributed by atoms with van der Waals surface area (Å²) >= 11 is 3.10. The molecule has 0 fully saturated rings. The highest BCUT2D eigenvalue weighted by Crippen LogP contribution is 2.26. The first-order valence-corrected chi connectivity index (χ1v) is 8.47. The Kier molecular flexibility index (Phi) is 5.02. The quantitative estimate of drug-likeness (QED) is 0.812. The Hall–Kier alpha value is -1.38. The van der Waals surface area contributed by atoms with Gasteiger partial charge in [-0.1, -0.05) is 6.92 Å². The van der Waals surface area contributed by atoms with Crippen LogP contribution in [0.25, 0.3) is 0 Å². The molecule has 0 saturated heterocycles. The molecule has 0 bridgehead atoms. The van der Waals surface area contributed by atoms with Gasteiger partial charge in [-0.15, -0.1) is 0 Å². The lowest BCUT2D eigenvalue weighted by atomic mass is 10.3. The number of hydrogen-bond acceptors (Lipinski definition) is 4. The van der Waals surface area contributed by atoms with Gasteiger partial charge in [-0.2, -0.15) is 8.42 Å². The van der Waals surface area contributed by atoms with Crippen LogP contribution in [0, 0.1) is 5.82 Å². The molecule has 0 aliphatic heterocycles. The van der Waals surface area contributed by atoms with E-state index in [1.807, 2.05) is 6.92 Å². The molecule has 2 rings (SSSR count). The van der Waals surface area contributed by atoms with E-state index >= 15 is 0 Å². The minimum absolute atomic E-state index is 0.188. The van der Waals surface area contributed by atoms with Crippen molar-refractivity contribution in [2.75, 3.05) is 11.3 Å². The number of hydrogen-bond donors (Lipinski definition) is 2. The van der Waals surface area contributed by atoms with Crippen molar-refractivity contribution in [3.63, 3.8) is 0 Å². The number of benzene rings is 1. The molecule has 2 aromatic rings. The highest BCUT2D eigenvalue weighted by atomic mass is 79.9. The predicted octanol–water partition coefficient (Wildman–Crippen LogP) is 3.09. The van der Waals surface area contributed by atoms with E-state index in [1.165, 1.54) is 24.3 Å². The van der Waals surface area contributed by atoms with Gasteiger partial charge in [0.2, 0.25) is 5.09 Å². The summed E-state index contributed by atoms with van der Waals surface area (Å²) in [5.74, 6) is 0.0612. The lowest BCUT2D eigenvalue weighted by Crippen LogP contribution is -2.13. The Balaban J connectivity index is 2.19. The summed E-state index contributed by atoms with van der Waals surface area (Å²) in [6.07, 6.45) is 0. The maximum atomic E-state index is 13.0. The Morgan fingerprint density at radius 3 is 2.71 bits per heavy atom. The molecule has 0 radical (unpaired) electrons. The largest absolute Gasteiger partial charge is 0.446 e. The molecule has 1 aromatic carbocycles. The smallest absolute Gasteiger partial charge is 0.295 e. The molecule has 0 spiro atoms. The summed E-state index contributed by atoms with van der Waals surface area (Å²) < 4.78 is 45.3. The molecule has 0 aliphatic carbocycles. The van der Waals surface area contributed by atoms with Crippen LogP contribution in [0.4, 0.5) is 10.1 Å². The van der Waals surface area contributed by atoms with Crippen LogP contribution in [0.15, 0.2) is 44.3 Å². The molecule has 114 valence electrons. The predicted molar refractivity (Wildman–Crippen MR) is 81.0 cm³/mol. The Labute approximate surface area is 130 Å². The Bertz CT molecular complexity index is 731. The lowest BCUT2D eigenvalue weighted by molar-refractivity contribution is 0.405. The van der Waals surface area contributed by atoms with E-state index in [-0.39, 0.29) is 10.8 Å². The van der Waals surface area contributed by atoms with Crippen LogP contribution >= 0.6 is 15.9 Å². The summed E-state index contributed by atoms with van der Waals surface area (Å²) in [6, 6.07) is 6.65. The average Bonchev–Trinajstić information content (AvgIpc) is 2.89. The Morgan fingerprint density at radius 2 is 2.05 bits per heavy atom. The van der Waals surface area contributed by atoms with Gasteiger partial charge in [-0.3, -0.25) is 4.72 Å². The van der Waals surface area contributed by atoms with Crippen LogP contribution < -0.4 is 10.0 Å². The van der Waals surface area contributed by atoms with Gasteiger partial charge in [-0.25, -0.2) is 4.39 Å². The van der Waals surface area contributed by atoms with Gasteiger partial charge in [-0.05, 0) is 52.8 Å². The first kappa shape index (κ1) is 16.0. The molecule has 0 saturated carbocycles. The van der Waals surface area contributed by atoms with E-state index in [1.54, 1.807) is 6.07 Å². The van der Waals surface area contributed by atoms with E-state index in [9.17, 15) is 12.8 Å². The van der Waals surface area contributed by atoms with E-state index in [4.69, 9.17) is 4.42 Å². The van der Waals surface area contributed by atoms with Crippen LogP contribution in [0.2, 0.25) is 0 Å². The SMILES string of the molecule is CCNCc1ccc(S(=O)(=O)Nc2ccc(F)cc2Br)o1. The van der Waals surface area contributed by atoms with Crippen molar-refractivity contribution in [3.8, 4) is 0 Å². The van der Waals surface area contributed by atoms with Crippen LogP contribution in [0.1, 0.15) is 12.7 Å². The number of rotatable bonds is 6. The second kappa shape index (κ2) is 6.59. The first-order chi connectivity index (χ1) is 9.92. The maximum absolute atomic E-state index is 13.0. The summed E-state index contributed by atoms with van der Waals surface area (Å²) in [5, 5.41) is 2.85. The van der Waals surface area contributed by atoms with Crippen LogP contribution in [0.5, 0.6) is 0 Å². The average molecular weight is 377 g/mol. The van der Waals surface area contributed by atoms with E-state index < -0.39 is 15.8 Å². The van der Waals surface area contributed by atoms with Crippen molar-refractivity contribution >= 4 is 31.6 Å². The summed E-state index contributed by atoms with van der Waals surface area (Å²) in [4.78, 5) is 0. The highest BCUT2D eigenvalue weighted by molar-refractivity contribution is 9.10. The van der Waals surface area contributed by atoms with Crippen molar-refractivity contribution in [1.82, 2.24) is 5.32 Å². The molecule has 21 heavy (non-hydrogen) atoms. The second-order valence-corrected chi connectivity index (χ2v) is 6.70. The summed E-state index contributed by atoms with van der Waals surface area (Å²) in [7, 11) is -3.85. The molecule has 5 nitrogen and oxygen atoms in total. The van der Waals surface area contributed by atoms with Crippen LogP contribution in [0.3, 0.4) is 0 Å². The molecular weight excluding hydrogens is 363 g/mol. The number of nitrogens with one attached hydrogen (secondary N) is 2. The highest BCUT2D eigenvalue weighted by Gasteiger charge is 2.20. The van der Waals surface area contributed by atoms with Crippen molar-refractivity contribution in [1.29, 1.82) is 0 Å². The minimum atomic E-state index is -3.85. The summed E-state index contributed by atoms with van der Waals surface area (Å²) in [5.41, 5.74) is 0.237. The van der Waals surface area contributed by atoms with Crippen molar-refractivity contribution in [3.05, 3.63) is 46.4 Å². The van der Waals surface area contributed by atoms with E-state index in [0.717, 1.165) is 6.54 Å². The van der Waals surface area contributed by atoms with E-state index in [0.29, 0.717) is 16.8 Å². The first-order valence-electron chi connectivity index (χ1n) is 6.19. The van der Waals surface area contributed by atoms with Gasteiger partial charge in [0.15, 0.2) is 0 Å². The van der Waals surface area contributed by atoms with Crippen molar-refractivity contribution in [2.24, 2.45) is 0 Å². The van der Waals surface area contributed by atoms with E-state index in [2.05, 4.69) is 26.0 Å². The molecule has 0 atom stereocenters. The summed E-state index contributed by atoms with van der Waals surface area (Å²) in [6.45, 7) is 3.14. The van der Waals surface area contributed by atoms with Crippen LogP contribution in [-0.2, 0) is 16.6 Å². The molecule has 0 unspecified atom stereocenters. The zero-order chi connectivity index (χ0) is 15.5. The van der Waals surface area contributed by atoms with Gasteiger partial charge in [0.1, 0.15) is 11.6 Å². The Morgan fingerprint density at radius 1 is 1.29 bits per heavy atom. The fourth-order valence-corrected chi connectivity index (χ4v) is 3.23. The second-order valence-electron chi connectivity index (χ2n) is 4.23. The number of furan rings is 1. The van der Waals surface area contributed by atoms with Gasteiger partial charge in [0, 0.05) is 4.47 Å². The van der Waals surface area contributed by atoms with Crippen molar-refractivity contribution < 1.29 is 17.2 Å². The zero-order valence-electron chi connectivity index (χ0n) is 11.2. The fraction of sp³-hybridized carbons (Fsp3) is 0.231. The van der Waals surface area contributed by atoms with Crippen molar-refractivity contribution in [2.45, 2.75) is 18.6 Å². The number of anilines is 1. The molecule has 1 aromatic heterocycles. The molecule has 2 N–H and O–H groups in total. The number of sulfonamides is 1. The molecule has 1 heterocycles. The zero-order valence-corrected chi connectivity index (χ0v) is 13.6. The van der Waals surface area contributed by atoms with Gasteiger partial charge < -0.3 is 9.73 Å². The third kappa shape index (κ3) is 4.05. The normalized spacial score (nSPS) is 11.6. The van der Waals surface area contributed by atoms with Gasteiger partial charge in [0.25, 0.3) is 10.0 Å². The maximum Gasteiger partial charge on any atom is 0.295 e. The lowest BCUT2D eigenvalue weighted by Gasteiger charge is -2.07. The van der Waals surface area contributed by atoms with Gasteiger partial charge >= 0.3 is 0 Å². The molecular formula is C13H14BrFN2O3S. The molecule has 8 heteroatoms. The van der Waals surface area contributed by atoms with Crippen LogP contribution in [-0.4, -0.2) is 15.0 Å². The molecule has 0 amide bonds. The fourth-order valence-electron chi connectivity index (χ4n) is 1.61. The minimum Gasteiger partial charge on any atom is -0.446 e. The standard InChI is InChI=1S/C13H14BrFN2O3S/c1-2-16-8-10-4-6-13(20-10)21(18,19)17-12-5-3-9(15)7-11(12)14/h3-7,16-17H,2,8H2,1H3. The number of halogens is 2.